The van der Waals surface area contributed by atoms with Gasteiger partial charge in [-0.3, -0.25) is 4.79 Å². The summed E-state index contributed by atoms with van der Waals surface area (Å²) < 4.78 is 10.0. The first-order valence-electron chi connectivity index (χ1n) is 11.5. The topological polar surface area (TPSA) is 72.8 Å². The van der Waals surface area contributed by atoms with E-state index >= 15 is 0 Å². The van der Waals surface area contributed by atoms with E-state index < -0.39 is 24.6 Å². The fourth-order valence-corrected chi connectivity index (χ4v) is 2.55. The number of rotatable bonds is 14. The highest BCUT2D eigenvalue weighted by molar-refractivity contribution is 7.59. The van der Waals surface area contributed by atoms with Gasteiger partial charge in [0.15, 0.2) is 6.10 Å². The third-order valence-electron chi connectivity index (χ3n) is 4.24. The highest BCUT2D eigenvalue weighted by Gasteiger charge is 2.15. The van der Waals surface area contributed by atoms with Crippen LogP contribution < -0.4 is 0 Å². The molecule has 0 bridgehead atoms. The van der Waals surface area contributed by atoms with Crippen molar-refractivity contribution in [1.29, 1.82) is 0 Å². The summed E-state index contributed by atoms with van der Waals surface area (Å²) in [5, 5.41) is 9.33. The van der Waals surface area contributed by atoms with Crippen molar-refractivity contribution >= 4 is 25.4 Å². The van der Waals surface area contributed by atoms with Crippen LogP contribution in [-0.4, -0.2) is 36.4 Å². The largest absolute Gasteiger partial charge is 0.456 e. The van der Waals surface area contributed by atoms with Crippen molar-refractivity contribution in [2.45, 2.75) is 84.2 Å². The van der Waals surface area contributed by atoms with Crippen LogP contribution in [0.1, 0.15) is 93.7 Å². The second-order valence-electron chi connectivity index (χ2n) is 7.10. The fraction of sp³-hybridized carbons (Fsp3) is 0.517. The van der Waals surface area contributed by atoms with Gasteiger partial charge in [0, 0.05) is 28.0 Å². The Morgan fingerprint density at radius 1 is 0.771 bits per heavy atom. The summed E-state index contributed by atoms with van der Waals surface area (Å²) in [5.41, 5.74) is 0. The Bertz CT molecular complexity index is 1030. The Balaban J connectivity index is -0.0000000825. The predicted molar refractivity (Wildman–Crippen MR) is 166 cm³/mol. The summed E-state index contributed by atoms with van der Waals surface area (Å²) in [7, 11) is 0. The molecule has 0 aromatic carbocycles. The van der Waals surface area contributed by atoms with Crippen LogP contribution in [0.15, 0.2) is 0 Å². The van der Waals surface area contributed by atoms with Crippen LogP contribution in [0.2, 0.25) is 0 Å². The normalized spacial score (nSPS) is 8.89. The number of carbonyl (C=O) groups excluding carboxylic acids is 2. The first kappa shape index (κ1) is 33.8. The van der Waals surface area contributed by atoms with E-state index in [0.29, 0.717) is 0 Å². The molecule has 0 saturated carbocycles. The summed E-state index contributed by atoms with van der Waals surface area (Å²) in [4.78, 5) is 23.5. The predicted octanol–water partition coefficient (Wildman–Crippen LogP) is 6.21. The Kier molecular flexibility index (Phi) is 25.9. The van der Waals surface area contributed by atoms with Crippen molar-refractivity contribution in [2.75, 3.05) is 13.2 Å². The molecule has 0 heterocycles. The van der Waals surface area contributed by atoms with Gasteiger partial charge >= 0.3 is 11.9 Å². The average Bonchev–Trinajstić information content (AvgIpc) is 2.84. The van der Waals surface area contributed by atoms with Gasteiger partial charge in [-0.1, -0.05) is 64.2 Å². The quantitative estimate of drug-likeness (QED) is 0.129. The highest BCUT2D eigenvalue weighted by Crippen LogP contribution is 2.11. The third-order valence-corrected chi connectivity index (χ3v) is 4.24. The molecular weight excluding hydrogens is 460 g/mol. The van der Waals surface area contributed by atoms with Crippen LogP contribution in [0, 0.1) is 71.0 Å². The molecule has 0 saturated heterocycles. The van der Waals surface area contributed by atoms with E-state index in [1.165, 1.54) is 38.5 Å². The van der Waals surface area contributed by atoms with Gasteiger partial charge in [-0.15, -0.1) is 0 Å². The van der Waals surface area contributed by atoms with Crippen LogP contribution in [-0.2, 0) is 19.1 Å². The lowest BCUT2D eigenvalue weighted by molar-refractivity contribution is -0.159. The summed E-state index contributed by atoms with van der Waals surface area (Å²) in [6.45, 7) is 3.15. The zero-order chi connectivity index (χ0) is 25.1. The maximum atomic E-state index is 11.9. The van der Waals surface area contributed by atoms with E-state index in [4.69, 9.17) is 9.47 Å². The second-order valence-corrected chi connectivity index (χ2v) is 7.10. The van der Waals surface area contributed by atoms with Gasteiger partial charge < -0.3 is 14.6 Å². The van der Waals surface area contributed by atoms with Gasteiger partial charge in [-0.05, 0) is 72.5 Å². The van der Waals surface area contributed by atoms with E-state index in [1.807, 2.05) is 0 Å². The molecule has 0 fully saturated rings. The van der Waals surface area contributed by atoms with Gasteiger partial charge in [0.2, 0.25) is 0 Å². The molecule has 1 N–H and O–H groups in total. The Morgan fingerprint density at radius 2 is 1.26 bits per heavy atom. The second kappa shape index (κ2) is 26.9. The molecule has 5 nitrogen and oxygen atoms in total. The third kappa shape index (κ3) is 25.1. The molecule has 0 radical (unpaired) electrons. The number of esters is 2. The molecule has 0 aromatic heterocycles. The average molecular weight is 517 g/mol. The monoisotopic (exact) mass is 516 g/mol. The summed E-state index contributed by atoms with van der Waals surface area (Å²) in [6.07, 6.45) is 9.72. The van der Waals surface area contributed by atoms with Crippen LogP contribution in [0.25, 0.3) is 0 Å². The highest BCUT2D eigenvalue weighted by atomic mass is 32.1. The molecule has 0 aliphatic heterocycles. The van der Waals surface area contributed by atoms with Crippen molar-refractivity contribution in [3.63, 3.8) is 0 Å². The van der Waals surface area contributed by atoms with Crippen molar-refractivity contribution in [1.82, 2.24) is 0 Å². The summed E-state index contributed by atoms with van der Waals surface area (Å²) in [6, 6.07) is 0. The molecule has 0 unspecified atom stereocenters. The number of aliphatic hydroxyl groups excluding tert-OH is 1. The maximum Gasteiger partial charge on any atom is 0.385 e. The van der Waals surface area contributed by atoms with Crippen molar-refractivity contribution < 1.29 is 39.9 Å². The Hall–Kier alpha value is -3.39. The molecule has 0 amide bonds. The minimum Gasteiger partial charge on any atom is -0.456 e. The number of unbranched alkanes of at least 4 members (excludes halogenated alkanes) is 8. The first-order valence-corrected chi connectivity index (χ1v) is 11.5. The van der Waals surface area contributed by atoms with Crippen LogP contribution >= 0.6 is 13.5 Å². The molecule has 6 heteroatoms. The SMILES string of the molecule is CC#CC#CC#CC#CC#CC#CC(=O)OC[C@@H](CO)OC(=O)CCCCCCCCCCC.S.[HH].[HH].[HH].[HH].[HH].[HH].[HH].[HH].[HH].[HH].[HH]. The zero-order valence-electron chi connectivity index (χ0n) is 20.6. The fourth-order valence-electron chi connectivity index (χ4n) is 2.55. The minimum atomic E-state index is -0.918. The van der Waals surface area contributed by atoms with Gasteiger partial charge in [-0.2, -0.15) is 13.5 Å². The molecule has 35 heavy (non-hydrogen) atoms. The summed E-state index contributed by atoms with van der Waals surface area (Å²) in [5.74, 6) is 28.0. The van der Waals surface area contributed by atoms with Crippen LogP contribution in [0.3, 0.4) is 0 Å². The van der Waals surface area contributed by atoms with Gasteiger partial charge in [-0.25, -0.2) is 4.79 Å². The van der Waals surface area contributed by atoms with Gasteiger partial charge in [0.25, 0.3) is 0 Å². The molecule has 0 aliphatic carbocycles. The number of carbonyl (C=O) groups is 2. The lowest BCUT2D eigenvalue weighted by Crippen LogP contribution is -2.28. The van der Waals surface area contributed by atoms with Crippen molar-refractivity contribution in [3.05, 3.63) is 0 Å². The number of aliphatic hydroxyl groups is 1. The number of ether oxygens (including phenoxy) is 2. The first-order chi connectivity index (χ1) is 16.6. The van der Waals surface area contributed by atoms with Crippen molar-refractivity contribution in [3.8, 4) is 71.0 Å². The molecule has 0 rings (SSSR count). The number of hydrogen-bond acceptors (Lipinski definition) is 5. The van der Waals surface area contributed by atoms with Gasteiger partial charge in [0.1, 0.15) is 6.61 Å². The summed E-state index contributed by atoms with van der Waals surface area (Å²) >= 11 is 0. The molecular formula is C29H56O5S. The van der Waals surface area contributed by atoms with E-state index in [1.54, 1.807) is 6.92 Å². The molecule has 0 aliphatic rings. The van der Waals surface area contributed by atoms with Crippen LogP contribution in [0.5, 0.6) is 0 Å². The molecule has 208 valence electrons. The maximum absolute atomic E-state index is 11.9. The minimum absolute atomic E-state index is 0. The lowest BCUT2D eigenvalue weighted by Gasteiger charge is -2.14. The van der Waals surface area contributed by atoms with E-state index in [0.717, 1.165) is 19.3 Å². The molecule has 1 atom stereocenters. The Morgan fingerprint density at radius 3 is 1.77 bits per heavy atom. The van der Waals surface area contributed by atoms with E-state index in [9.17, 15) is 14.7 Å². The smallest absolute Gasteiger partial charge is 0.385 e. The molecule has 0 aromatic rings. The van der Waals surface area contributed by atoms with Crippen LogP contribution in [0.4, 0.5) is 0 Å². The van der Waals surface area contributed by atoms with Gasteiger partial charge in [0.05, 0.1) is 6.61 Å². The van der Waals surface area contributed by atoms with Crippen molar-refractivity contribution in [2.24, 2.45) is 0 Å². The lowest BCUT2D eigenvalue weighted by atomic mass is 10.1. The standard InChI is InChI=1S/C29H32O5.H2S.11H2/c1-3-5-7-9-11-13-14-16-17-19-21-23-28(31)33-26-27(25-30)34-29(32)24-22-20-18-15-12-10-8-6-4-2;;;;;;;;;;;;/h27,30H,4,6,8,10,12,15,18,20,22,24-26H2,1-2H3;1H2;11*1H/t27-;;;;;;;;;;;;/m1............/s1. The van der Waals surface area contributed by atoms with E-state index in [-0.39, 0.29) is 42.2 Å². The van der Waals surface area contributed by atoms with E-state index in [2.05, 4.69) is 78.0 Å². The zero-order valence-corrected chi connectivity index (χ0v) is 21.6. The Labute approximate surface area is 234 Å². The number of hydrogen-bond donors (Lipinski definition) is 1. The molecule has 0 spiro atoms.